The quantitative estimate of drug-likeness (QED) is 0.465. The van der Waals surface area contributed by atoms with Gasteiger partial charge in [0, 0.05) is 37.0 Å². The van der Waals surface area contributed by atoms with Crippen molar-refractivity contribution in [3.8, 4) is 0 Å². The first-order valence-corrected chi connectivity index (χ1v) is 11.2. The van der Waals surface area contributed by atoms with Crippen LogP contribution in [0.2, 0.25) is 0 Å². The zero-order valence-corrected chi connectivity index (χ0v) is 19.1. The summed E-state index contributed by atoms with van der Waals surface area (Å²) in [5, 5.41) is 13.7. The first-order valence-electron chi connectivity index (χ1n) is 9.76. The van der Waals surface area contributed by atoms with E-state index in [9.17, 15) is 23.3 Å². The number of hydrogen-bond donors (Lipinski definition) is 1. The number of sulfonamides is 1. The van der Waals surface area contributed by atoms with Crippen molar-refractivity contribution in [1.29, 1.82) is 0 Å². The summed E-state index contributed by atoms with van der Waals surface area (Å²) >= 11 is 0. The van der Waals surface area contributed by atoms with Crippen molar-refractivity contribution in [3.05, 3.63) is 64.2 Å². The Kier molecular flexibility index (Phi) is 7.88. The highest BCUT2D eigenvalue weighted by Gasteiger charge is 2.23. The van der Waals surface area contributed by atoms with E-state index in [1.807, 2.05) is 6.92 Å². The molecule has 31 heavy (non-hydrogen) atoms. The normalized spacial score (nSPS) is 12.9. The third-order valence-electron chi connectivity index (χ3n) is 5.16. The third-order valence-corrected chi connectivity index (χ3v) is 7.21. The van der Waals surface area contributed by atoms with Crippen molar-refractivity contribution in [2.24, 2.45) is 0 Å². The highest BCUT2D eigenvalue weighted by atomic mass is 32.2. The van der Waals surface area contributed by atoms with Crippen LogP contribution in [-0.2, 0) is 14.8 Å². The molecule has 1 N–H and O–H groups in total. The van der Waals surface area contributed by atoms with Gasteiger partial charge in [0.05, 0.1) is 16.4 Å². The lowest BCUT2D eigenvalue weighted by molar-refractivity contribution is -0.384. The van der Waals surface area contributed by atoms with Crippen LogP contribution in [0.25, 0.3) is 0 Å². The highest BCUT2D eigenvalue weighted by Crippen LogP contribution is 2.23. The van der Waals surface area contributed by atoms with Crippen LogP contribution in [0.15, 0.2) is 53.4 Å². The molecule has 9 nitrogen and oxygen atoms in total. The van der Waals surface area contributed by atoms with Gasteiger partial charge >= 0.3 is 0 Å². The molecule has 1 amide bonds. The number of likely N-dealkylation sites (N-methyl/N-ethyl adjacent to an activating group) is 1. The maximum Gasteiger partial charge on any atom is 0.269 e. The zero-order valence-electron chi connectivity index (χ0n) is 18.3. The van der Waals surface area contributed by atoms with Crippen LogP contribution in [-0.4, -0.2) is 55.1 Å². The van der Waals surface area contributed by atoms with Crippen LogP contribution < -0.4 is 5.32 Å². The van der Waals surface area contributed by atoms with E-state index in [1.165, 1.54) is 35.6 Å². The van der Waals surface area contributed by atoms with Gasteiger partial charge in [-0.2, -0.15) is 4.31 Å². The molecule has 0 fully saturated rings. The molecule has 10 heteroatoms. The Balaban J connectivity index is 2.02. The van der Waals surface area contributed by atoms with E-state index in [2.05, 4.69) is 5.32 Å². The number of rotatable bonds is 9. The van der Waals surface area contributed by atoms with E-state index < -0.39 is 14.9 Å². The summed E-state index contributed by atoms with van der Waals surface area (Å²) in [6.07, 6.45) is 0. The van der Waals surface area contributed by atoms with Gasteiger partial charge < -0.3 is 5.32 Å². The Morgan fingerprint density at radius 1 is 1.10 bits per heavy atom. The number of nitrogens with zero attached hydrogens (tertiary/aromatic N) is 3. The van der Waals surface area contributed by atoms with Gasteiger partial charge in [-0.3, -0.25) is 19.8 Å². The lowest BCUT2D eigenvalue weighted by atomic mass is 10.1. The van der Waals surface area contributed by atoms with Gasteiger partial charge in [-0.1, -0.05) is 12.1 Å². The van der Waals surface area contributed by atoms with Crippen molar-refractivity contribution in [1.82, 2.24) is 9.21 Å². The summed E-state index contributed by atoms with van der Waals surface area (Å²) in [5.74, 6) is -0.283. The van der Waals surface area contributed by atoms with Crippen molar-refractivity contribution in [3.63, 3.8) is 0 Å². The van der Waals surface area contributed by atoms with Gasteiger partial charge in [0.1, 0.15) is 0 Å². The van der Waals surface area contributed by atoms with Crippen LogP contribution >= 0.6 is 0 Å². The molecule has 2 rings (SSSR count). The number of anilines is 1. The van der Waals surface area contributed by atoms with Gasteiger partial charge in [0.15, 0.2) is 0 Å². The van der Waals surface area contributed by atoms with Gasteiger partial charge in [-0.25, -0.2) is 8.42 Å². The van der Waals surface area contributed by atoms with Crippen LogP contribution in [0.1, 0.15) is 32.4 Å². The maximum atomic E-state index is 12.5. The number of nitro benzene ring substituents is 1. The predicted octanol–water partition coefficient (Wildman–Crippen LogP) is 3.26. The largest absolute Gasteiger partial charge is 0.325 e. The Labute approximate surface area is 182 Å². The Morgan fingerprint density at radius 2 is 1.71 bits per heavy atom. The fourth-order valence-corrected chi connectivity index (χ4v) is 4.24. The van der Waals surface area contributed by atoms with Crippen molar-refractivity contribution >= 4 is 27.3 Å². The lowest BCUT2D eigenvalue weighted by Crippen LogP contribution is -2.33. The third kappa shape index (κ3) is 6.09. The summed E-state index contributed by atoms with van der Waals surface area (Å²) in [6, 6.07) is 11.9. The first-order chi connectivity index (χ1) is 14.4. The summed E-state index contributed by atoms with van der Waals surface area (Å²) in [7, 11) is -0.317. The molecular weight excluding hydrogens is 420 g/mol. The molecule has 0 saturated carbocycles. The molecular formula is C21H28N4O5S. The van der Waals surface area contributed by atoms with Crippen LogP contribution in [0.4, 0.5) is 11.4 Å². The summed E-state index contributed by atoms with van der Waals surface area (Å²) in [5.41, 5.74) is 1.21. The standard InChI is InChI=1S/C21H28N4O5S/c1-15(2)24(5)31(29,30)20-11-9-18(10-12-20)22-21(26)14-23(4)16(3)17-7-6-8-19(13-17)25(27)28/h6-13,15-16H,14H2,1-5H3,(H,22,26). The van der Waals surface area contributed by atoms with Crippen LogP contribution in [0.3, 0.4) is 0 Å². The minimum atomic E-state index is -3.59. The van der Waals surface area contributed by atoms with Crippen LogP contribution in [0.5, 0.6) is 0 Å². The fourth-order valence-electron chi connectivity index (χ4n) is 2.87. The van der Waals surface area contributed by atoms with E-state index in [1.54, 1.807) is 50.1 Å². The number of nitrogens with one attached hydrogen (secondary N) is 1. The predicted molar refractivity (Wildman–Crippen MR) is 119 cm³/mol. The molecule has 0 spiro atoms. The van der Waals surface area contributed by atoms with E-state index in [0.717, 1.165) is 5.56 Å². The van der Waals surface area contributed by atoms with Gasteiger partial charge in [-0.05, 0) is 57.6 Å². The number of hydrogen-bond acceptors (Lipinski definition) is 6. The molecule has 0 aliphatic carbocycles. The van der Waals surface area contributed by atoms with E-state index in [4.69, 9.17) is 0 Å². The number of carbonyl (C=O) groups excluding carboxylic acids is 1. The number of nitro groups is 1. The number of non-ortho nitro benzene ring substituents is 1. The van der Waals surface area contributed by atoms with E-state index in [-0.39, 0.29) is 35.1 Å². The van der Waals surface area contributed by atoms with Gasteiger partial charge in [-0.15, -0.1) is 0 Å². The van der Waals surface area contributed by atoms with Crippen molar-refractivity contribution in [2.75, 3.05) is 26.0 Å². The number of amides is 1. The Morgan fingerprint density at radius 3 is 2.26 bits per heavy atom. The van der Waals surface area contributed by atoms with Crippen LogP contribution in [0, 0.1) is 10.1 Å². The van der Waals surface area contributed by atoms with E-state index in [0.29, 0.717) is 5.69 Å². The number of carbonyl (C=O) groups is 1. The molecule has 168 valence electrons. The molecule has 2 aromatic carbocycles. The molecule has 0 heterocycles. The summed E-state index contributed by atoms with van der Waals surface area (Å²) in [4.78, 5) is 24.9. The molecule has 1 unspecified atom stereocenters. The fraction of sp³-hybridized carbons (Fsp3) is 0.381. The minimum Gasteiger partial charge on any atom is -0.325 e. The molecule has 0 saturated heterocycles. The molecule has 2 aromatic rings. The number of benzene rings is 2. The lowest BCUT2D eigenvalue weighted by Gasteiger charge is -2.24. The second kappa shape index (κ2) is 9.99. The monoisotopic (exact) mass is 448 g/mol. The smallest absolute Gasteiger partial charge is 0.269 e. The molecule has 0 aliphatic heterocycles. The topological polar surface area (TPSA) is 113 Å². The zero-order chi connectivity index (χ0) is 23.3. The second-order valence-corrected chi connectivity index (χ2v) is 9.63. The second-order valence-electron chi connectivity index (χ2n) is 7.63. The summed E-state index contributed by atoms with van der Waals surface area (Å²) in [6.45, 7) is 5.49. The minimum absolute atomic E-state index is 0.000329. The molecule has 0 aromatic heterocycles. The molecule has 0 bridgehead atoms. The molecule has 0 radical (unpaired) electrons. The average molecular weight is 449 g/mol. The van der Waals surface area contributed by atoms with Crippen molar-refractivity contribution < 1.29 is 18.1 Å². The van der Waals surface area contributed by atoms with E-state index >= 15 is 0 Å². The Bertz CT molecular complexity index is 1040. The maximum absolute atomic E-state index is 12.5. The highest BCUT2D eigenvalue weighted by molar-refractivity contribution is 7.89. The van der Waals surface area contributed by atoms with Gasteiger partial charge in [0.2, 0.25) is 15.9 Å². The average Bonchev–Trinajstić information content (AvgIpc) is 2.72. The summed E-state index contributed by atoms with van der Waals surface area (Å²) < 4.78 is 26.3. The molecule has 1 atom stereocenters. The van der Waals surface area contributed by atoms with Crippen molar-refractivity contribution in [2.45, 2.75) is 37.8 Å². The molecule has 0 aliphatic rings. The Hall–Kier alpha value is -2.82. The van der Waals surface area contributed by atoms with Gasteiger partial charge in [0.25, 0.3) is 5.69 Å². The SMILES string of the molecule is CC(c1cccc([N+](=O)[O-])c1)N(C)CC(=O)Nc1ccc(S(=O)(=O)N(C)C(C)C)cc1. The first kappa shape index (κ1) is 24.4.